The lowest BCUT2D eigenvalue weighted by molar-refractivity contribution is 1.52. The maximum atomic E-state index is 2.42. The maximum Gasteiger partial charge on any atom is -0.00143 e. The van der Waals surface area contributed by atoms with E-state index in [1.54, 1.807) is 0 Å². The fourth-order valence-corrected chi connectivity index (χ4v) is 10.7. The average Bonchev–Trinajstić information content (AvgIpc) is 3.53. The molecule has 12 aromatic rings. The highest BCUT2D eigenvalue weighted by Gasteiger charge is 2.25. The highest BCUT2D eigenvalue weighted by atomic mass is 14.3. The number of benzene rings is 12. The minimum atomic E-state index is 1.13. The van der Waals surface area contributed by atoms with E-state index in [-0.39, 0.29) is 0 Å². The summed E-state index contributed by atoms with van der Waals surface area (Å²) in [6.07, 6.45) is 4.45. The Morgan fingerprint density at radius 1 is 0.149 bits per heavy atom. The van der Waals surface area contributed by atoms with Gasteiger partial charge in [-0.3, -0.25) is 0 Å². The standard InChI is InChI=1S/C74H52/c1-9-25-55(26-10-1)65-51-67(71(61-33-17-5-18-34-61)73(63-37-21-7-22-38-63)69(65)59-29-13-3-14-30-59)57-47-43-53(44-48-57)41-42-54-45-49-58(50-46-54)68-52-66(56-27-11-2-12-28-56)70(60-31-15-4-16-32-60)74(64-39-23-8-24-40-64)72(68)62-35-19-6-20-36-62/h1-52H/b42-41+. The van der Waals surface area contributed by atoms with Crippen LogP contribution in [0.1, 0.15) is 11.1 Å². The molecule has 12 aromatic carbocycles. The lowest BCUT2D eigenvalue weighted by Crippen LogP contribution is -1.98. The van der Waals surface area contributed by atoms with Crippen molar-refractivity contribution in [2.45, 2.75) is 0 Å². The highest BCUT2D eigenvalue weighted by molar-refractivity contribution is 6.09. The van der Waals surface area contributed by atoms with Crippen LogP contribution in [-0.4, -0.2) is 0 Å². The van der Waals surface area contributed by atoms with Gasteiger partial charge in [-0.2, -0.15) is 0 Å². The molecular formula is C74H52. The van der Waals surface area contributed by atoms with Gasteiger partial charge in [0.2, 0.25) is 0 Å². The van der Waals surface area contributed by atoms with E-state index in [4.69, 9.17) is 0 Å². The third-order valence-corrected chi connectivity index (χ3v) is 14.1. The molecule has 74 heavy (non-hydrogen) atoms. The Kier molecular flexibility index (Phi) is 12.9. The second-order valence-corrected chi connectivity index (χ2v) is 18.7. The fourth-order valence-electron chi connectivity index (χ4n) is 10.7. The van der Waals surface area contributed by atoms with Crippen LogP contribution in [0.2, 0.25) is 0 Å². The van der Waals surface area contributed by atoms with Crippen LogP contribution in [0.5, 0.6) is 0 Å². The van der Waals surface area contributed by atoms with E-state index in [9.17, 15) is 0 Å². The van der Waals surface area contributed by atoms with Crippen LogP contribution in [0.25, 0.3) is 123 Å². The van der Waals surface area contributed by atoms with Crippen LogP contribution in [-0.2, 0) is 0 Å². The van der Waals surface area contributed by atoms with Crippen LogP contribution >= 0.6 is 0 Å². The molecule has 0 atom stereocenters. The molecule has 348 valence electrons. The van der Waals surface area contributed by atoms with E-state index in [2.05, 4.69) is 315 Å². The molecule has 0 heterocycles. The Balaban J connectivity index is 0.958. The minimum Gasteiger partial charge on any atom is -0.0622 e. The van der Waals surface area contributed by atoms with Crippen LogP contribution in [0.3, 0.4) is 0 Å². The topological polar surface area (TPSA) is 0 Å². The lowest BCUT2D eigenvalue weighted by atomic mass is 9.79. The molecule has 0 aliphatic heterocycles. The Morgan fingerprint density at radius 2 is 0.324 bits per heavy atom. The van der Waals surface area contributed by atoms with Gasteiger partial charge in [-0.1, -0.05) is 303 Å². The summed E-state index contributed by atoms with van der Waals surface area (Å²) in [4.78, 5) is 0. The van der Waals surface area contributed by atoms with Crippen molar-refractivity contribution in [3.8, 4) is 111 Å². The first-order chi connectivity index (χ1) is 36.7. The first kappa shape index (κ1) is 45.5. The van der Waals surface area contributed by atoms with Gasteiger partial charge in [0.05, 0.1) is 0 Å². The summed E-state index contributed by atoms with van der Waals surface area (Å²) < 4.78 is 0. The van der Waals surface area contributed by atoms with Gasteiger partial charge in [-0.15, -0.1) is 0 Å². The van der Waals surface area contributed by atoms with Crippen LogP contribution in [0.4, 0.5) is 0 Å². The summed E-state index contributed by atoms with van der Waals surface area (Å²) in [5.41, 5.74) is 26.2. The Hall–Kier alpha value is -9.62. The fraction of sp³-hybridized carbons (Fsp3) is 0. The summed E-state index contributed by atoms with van der Waals surface area (Å²) in [5.74, 6) is 0. The summed E-state index contributed by atoms with van der Waals surface area (Å²) in [5, 5.41) is 0. The molecule has 0 N–H and O–H groups in total. The summed E-state index contributed by atoms with van der Waals surface area (Å²) in [7, 11) is 0. The quantitative estimate of drug-likeness (QED) is 0.107. The predicted molar refractivity (Wildman–Crippen MR) is 316 cm³/mol. The normalized spacial score (nSPS) is 11.2. The second-order valence-electron chi connectivity index (χ2n) is 18.7. The average molecular weight is 941 g/mol. The molecule has 0 bridgehead atoms. The van der Waals surface area contributed by atoms with Crippen molar-refractivity contribution >= 4 is 12.2 Å². The van der Waals surface area contributed by atoms with Crippen molar-refractivity contribution in [1.82, 2.24) is 0 Å². The SMILES string of the molecule is C(=C\c1ccc(-c2cc(-c3ccccc3)c(-c3ccccc3)c(-c3ccccc3)c2-c2ccccc2)cc1)/c1ccc(-c2cc(-c3ccccc3)c(-c3ccccc3)c(-c3ccccc3)c2-c2ccccc2)cc1. The molecule has 0 radical (unpaired) electrons. The zero-order valence-corrected chi connectivity index (χ0v) is 41.0. The molecule has 0 heteroatoms. The van der Waals surface area contributed by atoms with Gasteiger partial charge < -0.3 is 0 Å². The second kappa shape index (κ2) is 21.0. The van der Waals surface area contributed by atoms with E-state index in [0.717, 1.165) is 22.3 Å². The smallest absolute Gasteiger partial charge is 0.00143 e. The largest absolute Gasteiger partial charge is 0.0622 e. The molecule has 0 amide bonds. The molecule has 0 aliphatic carbocycles. The lowest BCUT2D eigenvalue weighted by Gasteiger charge is -2.24. The molecule has 0 spiro atoms. The minimum absolute atomic E-state index is 1.13. The Bertz CT molecular complexity index is 3570. The van der Waals surface area contributed by atoms with E-state index in [0.29, 0.717) is 0 Å². The van der Waals surface area contributed by atoms with Gasteiger partial charge in [0.1, 0.15) is 0 Å². The van der Waals surface area contributed by atoms with Gasteiger partial charge >= 0.3 is 0 Å². The monoisotopic (exact) mass is 940 g/mol. The molecule has 0 saturated heterocycles. The van der Waals surface area contributed by atoms with Crippen molar-refractivity contribution < 1.29 is 0 Å². The zero-order chi connectivity index (χ0) is 49.5. The van der Waals surface area contributed by atoms with E-state index in [1.165, 1.54) is 100 Å². The molecule has 0 unspecified atom stereocenters. The Morgan fingerprint density at radius 3 is 0.541 bits per heavy atom. The molecular weight excluding hydrogens is 889 g/mol. The molecule has 0 nitrogen and oxygen atoms in total. The van der Waals surface area contributed by atoms with Crippen molar-refractivity contribution in [2.75, 3.05) is 0 Å². The van der Waals surface area contributed by atoms with Gasteiger partial charge in [-0.05, 0) is 135 Å². The summed E-state index contributed by atoms with van der Waals surface area (Å²) in [6, 6.07) is 110. The van der Waals surface area contributed by atoms with E-state index < -0.39 is 0 Å². The summed E-state index contributed by atoms with van der Waals surface area (Å²) in [6.45, 7) is 0. The molecule has 0 fully saturated rings. The first-order valence-corrected chi connectivity index (χ1v) is 25.5. The van der Waals surface area contributed by atoms with Crippen LogP contribution < -0.4 is 0 Å². The van der Waals surface area contributed by atoms with Gasteiger partial charge in [0.15, 0.2) is 0 Å². The maximum absolute atomic E-state index is 2.42. The van der Waals surface area contributed by atoms with Crippen molar-refractivity contribution in [2.24, 2.45) is 0 Å². The zero-order valence-electron chi connectivity index (χ0n) is 41.0. The van der Waals surface area contributed by atoms with Crippen LogP contribution in [0.15, 0.2) is 303 Å². The highest BCUT2D eigenvalue weighted by Crippen LogP contribution is 2.52. The number of hydrogen-bond acceptors (Lipinski definition) is 0. The number of rotatable bonds is 12. The van der Waals surface area contributed by atoms with Gasteiger partial charge in [0, 0.05) is 0 Å². The molecule has 0 aromatic heterocycles. The Labute approximate surface area is 435 Å². The van der Waals surface area contributed by atoms with Gasteiger partial charge in [0.25, 0.3) is 0 Å². The number of hydrogen-bond donors (Lipinski definition) is 0. The third kappa shape index (κ3) is 9.25. The summed E-state index contributed by atoms with van der Waals surface area (Å²) >= 11 is 0. The van der Waals surface area contributed by atoms with E-state index >= 15 is 0 Å². The van der Waals surface area contributed by atoms with Crippen molar-refractivity contribution in [3.63, 3.8) is 0 Å². The predicted octanol–water partition coefficient (Wildman–Crippen LogP) is 20.5. The van der Waals surface area contributed by atoms with Crippen molar-refractivity contribution in [3.05, 3.63) is 314 Å². The molecule has 0 saturated carbocycles. The van der Waals surface area contributed by atoms with E-state index in [1.807, 2.05) is 0 Å². The molecule has 12 rings (SSSR count). The first-order valence-electron chi connectivity index (χ1n) is 25.5. The van der Waals surface area contributed by atoms with Crippen molar-refractivity contribution in [1.29, 1.82) is 0 Å². The van der Waals surface area contributed by atoms with Gasteiger partial charge in [-0.25, -0.2) is 0 Å². The molecule has 0 aliphatic rings. The van der Waals surface area contributed by atoms with Crippen LogP contribution in [0, 0.1) is 0 Å². The third-order valence-electron chi connectivity index (χ3n) is 14.1.